The Morgan fingerprint density at radius 3 is 2.67 bits per heavy atom. The van der Waals surface area contributed by atoms with Crippen molar-refractivity contribution in [3.05, 3.63) is 29.3 Å². The van der Waals surface area contributed by atoms with Crippen LogP contribution in [-0.4, -0.2) is 46.0 Å². The number of carbonyl (C=O) groups is 2. The first-order valence-corrected chi connectivity index (χ1v) is 10.4. The minimum atomic E-state index is -0.730. The number of imide groups is 1. The number of amides is 3. The second-order valence-electron chi connectivity index (χ2n) is 8.00. The van der Waals surface area contributed by atoms with Crippen LogP contribution < -0.4 is 5.32 Å². The van der Waals surface area contributed by atoms with E-state index >= 15 is 0 Å². The number of thiazole rings is 1. The van der Waals surface area contributed by atoms with Crippen LogP contribution in [0.3, 0.4) is 0 Å². The molecule has 1 saturated heterocycles. The minimum Gasteiger partial charge on any atom is -0.323 e. The molecule has 1 aromatic heterocycles. The van der Waals surface area contributed by atoms with Crippen LogP contribution in [0.2, 0.25) is 0 Å². The Morgan fingerprint density at radius 2 is 1.96 bits per heavy atom. The Bertz CT molecular complexity index is 837. The molecule has 0 unspecified atom stereocenters. The highest BCUT2D eigenvalue weighted by Crippen LogP contribution is 2.42. The SMILES string of the molecule is C[C@H]1CCC[C@H](C)C12NC(=O)N(CN(C)Cc1nc3ccccc3s1)C2=O. The third-order valence-electron chi connectivity index (χ3n) is 6.11. The summed E-state index contributed by atoms with van der Waals surface area (Å²) in [4.78, 5) is 33.9. The molecule has 7 heteroatoms. The number of fused-ring (bicyclic) bond motifs is 1. The van der Waals surface area contributed by atoms with Gasteiger partial charge in [-0.1, -0.05) is 32.4 Å². The van der Waals surface area contributed by atoms with Gasteiger partial charge < -0.3 is 5.32 Å². The molecule has 144 valence electrons. The first-order chi connectivity index (χ1) is 12.9. The number of rotatable bonds is 4. The van der Waals surface area contributed by atoms with Crippen molar-refractivity contribution in [3.63, 3.8) is 0 Å². The van der Waals surface area contributed by atoms with Crippen LogP contribution in [0.15, 0.2) is 24.3 Å². The van der Waals surface area contributed by atoms with Crippen LogP contribution in [-0.2, 0) is 11.3 Å². The van der Waals surface area contributed by atoms with Crippen LogP contribution in [0.4, 0.5) is 4.79 Å². The standard InChI is InChI=1S/C20H26N4O2S/c1-13-7-6-8-14(2)20(13)18(25)24(19(26)22-20)12-23(3)11-17-21-15-9-4-5-10-16(15)27-17/h4-5,9-10,13-14H,6-8,11-12H2,1-3H3,(H,22,26)/t13-,14-/m0/s1. The van der Waals surface area contributed by atoms with Gasteiger partial charge in [-0.05, 0) is 43.9 Å². The van der Waals surface area contributed by atoms with Crippen LogP contribution >= 0.6 is 11.3 Å². The maximum absolute atomic E-state index is 13.2. The van der Waals surface area contributed by atoms with Crippen molar-refractivity contribution >= 4 is 33.5 Å². The van der Waals surface area contributed by atoms with Crippen molar-refractivity contribution in [2.75, 3.05) is 13.7 Å². The van der Waals surface area contributed by atoms with Crippen molar-refractivity contribution in [1.82, 2.24) is 20.1 Å². The fourth-order valence-electron chi connectivity index (χ4n) is 4.59. The van der Waals surface area contributed by atoms with Crippen LogP contribution in [0.5, 0.6) is 0 Å². The summed E-state index contributed by atoms with van der Waals surface area (Å²) >= 11 is 1.65. The Hall–Kier alpha value is -1.99. The summed E-state index contributed by atoms with van der Waals surface area (Å²) < 4.78 is 1.15. The molecule has 1 aliphatic heterocycles. The van der Waals surface area contributed by atoms with Crippen molar-refractivity contribution in [3.8, 4) is 0 Å². The lowest BCUT2D eigenvalue weighted by Crippen LogP contribution is -2.59. The van der Waals surface area contributed by atoms with Crippen LogP contribution in [0.1, 0.15) is 38.1 Å². The van der Waals surface area contributed by atoms with E-state index in [0.717, 1.165) is 34.5 Å². The molecular formula is C20H26N4O2S. The second-order valence-corrected chi connectivity index (χ2v) is 9.11. The van der Waals surface area contributed by atoms with Crippen molar-refractivity contribution < 1.29 is 9.59 Å². The smallest absolute Gasteiger partial charge is 0.323 e. The topological polar surface area (TPSA) is 65.5 Å². The number of hydrogen-bond acceptors (Lipinski definition) is 5. The highest BCUT2D eigenvalue weighted by Gasteiger charge is 2.58. The maximum Gasteiger partial charge on any atom is 0.326 e. The Morgan fingerprint density at radius 1 is 1.26 bits per heavy atom. The first kappa shape index (κ1) is 18.4. The summed E-state index contributed by atoms with van der Waals surface area (Å²) in [7, 11) is 1.92. The van der Waals surface area contributed by atoms with Gasteiger partial charge in [0.2, 0.25) is 0 Å². The molecule has 2 heterocycles. The number of nitrogens with zero attached hydrogens (tertiary/aromatic N) is 3. The molecule has 1 aliphatic carbocycles. The normalized spacial score (nSPS) is 25.0. The number of urea groups is 1. The van der Waals surface area contributed by atoms with Gasteiger partial charge in [0.1, 0.15) is 10.5 Å². The second kappa shape index (κ2) is 6.87. The molecule has 1 N–H and O–H groups in total. The van der Waals surface area contributed by atoms with E-state index in [1.807, 2.05) is 30.1 Å². The zero-order valence-corrected chi connectivity index (χ0v) is 16.9. The van der Waals surface area contributed by atoms with Gasteiger partial charge in [0.25, 0.3) is 5.91 Å². The van der Waals surface area contributed by atoms with Gasteiger partial charge >= 0.3 is 6.03 Å². The van der Waals surface area contributed by atoms with Gasteiger partial charge in [0, 0.05) is 0 Å². The largest absolute Gasteiger partial charge is 0.326 e. The first-order valence-electron chi connectivity index (χ1n) is 9.59. The molecule has 2 aromatic rings. The average molecular weight is 387 g/mol. The number of aromatic nitrogens is 1. The molecule has 27 heavy (non-hydrogen) atoms. The molecule has 0 bridgehead atoms. The highest BCUT2D eigenvalue weighted by molar-refractivity contribution is 7.18. The Labute approximate surface area is 163 Å². The lowest BCUT2D eigenvalue weighted by Gasteiger charge is -2.42. The molecule has 2 aliphatic rings. The molecule has 2 atom stereocenters. The zero-order chi connectivity index (χ0) is 19.2. The minimum absolute atomic E-state index is 0.0663. The third kappa shape index (κ3) is 3.02. The van der Waals surface area contributed by atoms with E-state index in [0.29, 0.717) is 6.54 Å². The average Bonchev–Trinajstić information content (AvgIpc) is 3.14. The fourth-order valence-corrected chi connectivity index (χ4v) is 5.64. The van der Waals surface area contributed by atoms with Gasteiger partial charge in [-0.3, -0.25) is 9.69 Å². The zero-order valence-electron chi connectivity index (χ0n) is 16.1. The predicted molar refractivity (Wildman–Crippen MR) is 106 cm³/mol. The van der Waals surface area contributed by atoms with E-state index < -0.39 is 5.54 Å². The molecule has 1 saturated carbocycles. The van der Waals surface area contributed by atoms with Gasteiger partial charge in [0.05, 0.1) is 23.4 Å². The third-order valence-corrected chi connectivity index (χ3v) is 7.13. The molecule has 1 aromatic carbocycles. The monoisotopic (exact) mass is 386 g/mol. The summed E-state index contributed by atoms with van der Waals surface area (Å²) in [5.74, 6) is 0.262. The molecular weight excluding hydrogens is 360 g/mol. The van der Waals surface area contributed by atoms with Gasteiger partial charge in [0.15, 0.2) is 0 Å². The molecule has 0 radical (unpaired) electrons. The summed E-state index contributed by atoms with van der Waals surface area (Å²) in [5.41, 5.74) is 0.260. The molecule has 4 rings (SSSR count). The van der Waals surface area contributed by atoms with E-state index in [4.69, 9.17) is 0 Å². The number of hydrogen-bond donors (Lipinski definition) is 1. The lowest BCUT2D eigenvalue weighted by atomic mass is 9.67. The lowest BCUT2D eigenvalue weighted by molar-refractivity contribution is -0.137. The fraction of sp³-hybridized carbons (Fsp3) is 0.550. The number of nitrogens with one attached hydrogen (secondary N) is 1. The number of para-hydroxylation sites is 1. The maximum atomic E-state index is 13.2. The summed E-state index contributed by atoms with van der Waals surface area (Å²) in [5, 5.41) is 4.04. The van der Waals surface area contributed by atoms with E-state index in [2.05, 4.69) is 30.2 Å². The number of carbonyl (C=O) groups excluding carboxylic acids is 2. The van der Waals surface area contributed by atoms with Crippen molar-refractivity contribution in [2.45, 2.75) is 45.2 Å². The molecule has 2 fully saturated rings. The van der Waals surface area contributed by atoms with Gasteiger partial charge in [-0.2, -0.15) is 0 Å². The quantitative estimate of drug-likeness (QED) is 0.818. The highest BCUT2D eigenvalue weighted by atomic mass is 32.1. The van der Waals surface area contributed by atoms with E-state index in [1.165, 1.54) is 4.90 Å². The Kier molecular flexibility index (Phi) is 4.68. The van der Waals surface area contributed by atoms with Crippen molar-refractivity contribution in [2.24, 2.45) is 11.8 Å². The van der Waals surface area contributed by atoms with Gasteiger partial charge in [-0.15, -0.1) is 11.3 Å². The molecule has 6 nitrogen and oxygen atoms in total. The van der Waals surface area contributed by atoms with Crippen LogP contribution in [0.25, 0.3) is 10.2 Å². The van der Waals surface area contributed by atoms with Gasteiger partial charge in [-0.25, -0.2) is 14.7 Å². The number of benzene rings is 1. The summed E-state index contributed by atoms with van der Waals surface area (Å²) in [6.07, 6.45) is 3.07. The summed E-state index contributed by atoms with van der Waals surface area (Å²) in [6.45, 7) is 5.06. The molecule has 3 amide bonds. The van der Waals surface area contributed by atoms with E-state index in [1.54, 1.807) is 11.3 Å². The summed E-state index contributed by atoms with van der Waals surface area (Å²) in [6, 6.07) is 7.78. The van der Waals surface area contributed by atoms with E-state index in [-0.39, 0.29) is 30.4 Å². The van der Waals surface area contributed by atoms with Crippen LogP contribution in [0, 0.1) is 11.8 Å². The Balaban J connectivity index is 1.48. The molecule has 1 spiro atoms. The van der Waals surface area contributed by atoms with Crippen molar-refractivity contribution in [1.29, 1.82) is 0 Å². The van der Waals surface area contributed by atoms with E-state index in [9.17, 15) is 9.59 Å². The predicted octanol–water partition coefficient (Wildman–Crippen LogP) is 3.43.